The van der Waals surface area contributed by atoms with Crippen LogP contribution >= 0.6 is 0 Å². The van der Waals surface area contributed by atoms with Gasteiger partial charge in [-0.1, -0.05) is 156 Å². The summed E-state index contributed by atoms with van der Waals surface area (Å²) in [4.78, 5) is 0. The van der Waals surface area contributed by atoms with Gasteiger partial charge in [-0.3, -0.25) is 0 Å². The van der Waals surface area contributed by atoms with E-state index in [1.165, 1.54) is 60.9 Å². The highest BCUT2D eigenvalue weighted by Crippen LogP contribution is 2.71. The fraction of sp³-hybridized carbons (Fsp3) is 0.660. The summed E-state index contributed by atoms with van der Waals surface area (Å²) in [5, 5.41) is 0. The molecule has 0 aromatic heterocycles. The highest BCUT2D eigenvalue weighted by molar-refractivity contribution is 6.61. The average molecular weight is 678 g/mol. The minimum atomic E-state index is -0.622. The molecule has 1 fully saturated rings. The van der Waals surface area contributed by atoms with Crippen molar-refractivity contribution in [1.82, 2.24) is 0 Å². The number of hydrogen-bond donors (Lipinski definition) is 0. The lowest BCUT2D eigenvalue weighted by molar-refractivity contribution is 0.185. The molecule has 1 nitrogen and oxygen atoms in total. The topological polar surface area (TPSA) is 9.23 Å². The first-order chi connectivity index (χ1) is 22.7. The first-order valence-electron chi connectivity index (χ1n) is 19.8. The smallest absolute Gasteiger partial charge is 0.127 e. The zero-order chi connectivity index (χ0) is 36.1. The van der Waals surface area contributed by atoms with Crippen LogP contribution in [0.5, 0.6) is 5.75 Å². The van der Waals surface area contributed by atoms with Crippen molar-refractivity contribution in [2.45, 2.75) is 158 Å². The van der Waals surface area contributed by atoms with Crippen LogP contribution in [0.3, 0.4) is 0 Å². The summed E-state index contributed by atoms with van der Waals surface area (Å²) in [5.74, 6) is 2.73. The second-order valence-corrected chi connectivity index (χ2v) is 23.8. The largest absolute Gasteiger partial charge is 0.489 e. The second kappa shape index (κ2) is 12.3. The van der Waals surface area contributed by atoms with Crippen LogP contribution in [0.25, 0.3) is 0 Å². The van der Waals surface area contributed by atoms with Gasteiger partial charge in [0.2, 0.25) is 0 Å². The Hall–Kier alpha value is -2.06. The van der Waals surface area contributed by atoms with E-state index in [0.29, 0.717) is 35.3 Å². The number of fused-ring (bicyclic) bond motifs is 5. The molecule has 49 heavy (non-hydrogen) atoms. The van der Waals surface area contributed by atoms with Crippen molar-refractivity contribution in [1.29, 1.82) is 0 Å². The van der Waals surface area contributed by atoms with Crippen molar-refractivity contribution < 1.29 is 4.74 Å². The van der Waals surface area contributed by atoms with E-state index in [0.717, 1.165) is 5.75 Å². The van der Waals surface area contributed by atoms with Gasteiger partial charge in [0.15, 0.2) is 0 Å². The van der Waals surface area contributed by atoms with Gasteiger partial charge in [0.1, 0.15) is 12.4 Å². The first-order valence-corrected chi connectivity index (χ1v) is 21.8. The van der Waals surface area contributed by atoms with E-state index in [4.69, 9.17) is 4.74 Å². The minimum Gasteiger partial charge on any atom is -0.489 e. The second-order valence-electron chi connectivity index (χ2n) is 20.4. The van der Waals surface area contributed by atoms with Crippen LogP contribution in [0.4, 0.5) is 0 Å². The van der Waals surface area contributed by atoms with Gasteiger partial charge in [-0.25, -0.2) is 0 Å². The van der Waals surface area contributed by atoms with Crippen molar-refractivity contribution in [3.05, 3.63) is 87.1 Å². The fourth-order valence-electron chi connectivity index (χ4n) is 11.3. The van der Waals surface area contributed by atoms with Gasteiger partial charge in [0, 0.05) is 27.9 Å². The molecule has 0 heterocycles. The predicted molar refractivity (Wildman–Crippen MR) is 214 cm³/mol. The molecule has 4 unspecified atom stereocenters. The molecule has 6 rings (SSSR count). The number of ether oxygens (including phenoxy) is 1. The van der Waals surface area contributed by atoms with E-state index in [-0.39, 0.29) is 21.7 Å². The van der Waals surface area contributed by atoms with Gasteiger partial charge >= 0.3 is 0 Å². The highest BCUT2D eigenvalue weighted by Gasteiger charge is 2.58. The van der Waals surface area contributed by atoms with Crippen molar-refractivity contribution in [3.63, 3.8) is 0 Å². The molecule has 267 valence electrons. The van der Waals surface area contributed by atoms with Crippen LogP contribution in [-0.4, -0.2) is 15.4 Å². The summed E-state index contributed by atoms with van der Waals surface area (Å²) < 4.78 is 6.84. The fourth-order valence-corrected chi connectivity index (χ4v) is 14.3. The van der Waals surface area contributed by atoms with E-state index in [2.05, 4.69) is 128 Å². The number of benzene rings is 1. The summed E-state index contributed by atoms with van der Waals surface area (Å²) in [7, 11) is -0.622. The molecule has 0 N–H and O–H groups in total. The first kappa shape index (κ1) is 36.7. The third-order valence-electron chi connectivity index (χ3n) is 13.4. The quantitative estimate of drug-likeness (QED) is 0.206. The van der Waals surface area contributed by atoms with Crippen molar-refractivity contribution in [2.75, 3.05) is 6.61 Å². The number of hydrogen-bond acceptors (Lipinski definition) is 1. The lowest BCUT2D eigenvalue weighted by atomic mass is 9.52. The Morgan fingerprint density at radius 3 is 2.08 bits per heavy atom. The van der Waals surface area contributed by atoms with Crippen LogP contribution in [0, 0.1) is 40.4 Å². The van der Waals surface area contributed by atoms with Gasteiger partial charge < -0.3 is 4.74 Å². The summed E-state index contributed by atoms with van der Waals surface area (Å²) in [6.07, 6.45) is 13.4. The summed E-state index contributed by atoms with van der Waals surface area (Å²) in [6, 6.07) is 7.64. The highest BCUT2D eigenvalue weighted by atomic mass is 28.3. The zero-order valence-corrected chi connectivity index (χ0v) is 35.0. The molecule has 4 atom stereocenters. The number of rotatable bonds is 7. The van der Waals surface area contributed by atoms with Crippen LogP contribution in [0.2, 0.25) is 17.6 Å². The Labute approximate surface area is 303 Å². The average Bonchev–Trinajstić information content (AvgIpc) is 3.31. The Kier molecular flexibility index (Phi) is 9.20. The Balaban J connectivity index is 1.75. The molecule has 5 aliphatic carbocycles. The predicted octanol–water partition coefficient (Wildman–Crippen LogP) is 13.6. The third kappa shape index (κ3) is 6.16. The molecule has 0 aliphatic heterocycles. The molecule has 2 heteroatoms. The van der Waals surface area contributed by atoms with Crippen LogP contribution in [0.15, 0.2) is 70.4 Å². The van der Waals surface area contributed by atoms with Gasteiger partial charge in [-0.05, 0) is 94.9 Å². The molecule has 5 aliphatic rings. The van der Waals surface area contributed by atoms with Gasteiger partial charge in [0.05, 0.1) is 8.80 Å². The summed E-state index contributed by atoms with van der Waals surface area (Å²) in [6.45, 7) is 39.5. The van der Waals surface area contributed by atoms with Crippen molar-refractivity contribution >= 4 is 8.80 Å². The Morgan fingerprint density at radius 1 is 0.857 bits per heavy atom. The van der Waals surface area contributed by atoms with Gasteiger partial charge in [-0.2, -0.15) is 0 Å². The number of aryl methyl sites for hydroxylation is 1. The molecule has 1 aromatic carbocycles. The molecular formula is C47H69OSi. The molecule has 0 spiro atoms. The molecule has 1 saturated carbocycles. The van der Waals surface area contributed by atoms with E-state index in [1.54, 1.807) is 16.7 Å². The SMILES string of the molecule is C=CCOc1c(C2CC(C)(C)CC3=C2C2=C4C(=C5CCC(C)(C)CC5C2C3[Si](CC)CC)C(C)(C)C=CC4(C)C)cc(C)cc1C(C)(C)C. The van der Waals surface area contributed by atoms with E-state index in [9.17, 15) is 0 Å². The molecule has 1 radical (unpaired) electrons. The summed E-state index contributed by atoms with van der Waals surface area (Å²) >= 11 is 0. The maximum Gasteiger partial charge on any atom is 0.127 e. The lowest BCUT2D eigenvalue weighted by Crippen LogP contribution is -2.42. The maximum atomic E-state index is 6.84. The van der Waals surface area contributed by atoms with Crippen LogP contribution in [0.1, 0.15) is 145 Å². The Bertz CT molecular complexity index is 1640. The van der Waals surface area contributed by atoms with Crippen molar-refractivity contribution in [2.24, 2.45) is 33.5 Å². The van der Waals surface area contributed by atoms with E-state index >= 15 is 0 Å². The molecule has 0 amide bonds. The maximum absolute atomic E-state index is 6.84. The molecule has 0 bridgehead atoms. The molecular weight excluding hydrogens is 609 g/mol. The zero-order valence-electron chi connectivity index (χ0n) is 34.0. The summed E-state index contributed by atoms with van der Waals surface area (Å²) in [5.41, 5.74) is 16.2. The monoisotopic (exact) mass is 678 g/mol. The van der Waals surface area contributed by atoms with Crippen LogP contribution < -0.4 is 4.74 Å². The molecule has 1 aromatic rings. The van der Waals surface area contributed by atoms with Gasteiger partial charge in [-0.15, -0.1) is 0 Å². The van der Waals surface area contributed by atoms with E-state index in [1.807, 2.05) is 22.8 Å². The number of allylic oxidation sites excluding steroid dienone is 8. The van der Waals surface area contributed by atoms with Crippen molar-refractivity contribution in [3.8, 4) is 5.75 Å². The van der Waals surface area contributed by atoms with Crippen LogP contribution in [-0.2, 0) is 5.41 Å². The normalized spacial score (nSPS) is 29.4. The Morgan fingerprint density at radius 2 is 1.49 bits per heavy atom. The standard InChI is InChI=1S/C47H69OSi/c1-16-23-48-41-31(24-29(4)25-35(41)43(5,6)7)33-27-45(10,11)28-34-36(33)38-37(42(34)49(17-2)18-3)32-26-44(8,9)20-19-30(32)39-40(38)47(14,15)22-21-46(39,12)13/h16,21-22,24-25,32-33,37,42H,1,17-20,23,26-28H2,2-15H3. The van der Waals surface area contributed by atoms with E-state index < -0.39 is 8.80 Å². The minimum absolute atomic E-state index is 0.00453. The third-order valence-corrected chi connectivity index (χ3v) is 16.8. The van der Waals surface area contributed by atoms with Gasteiger partial charge in [0.25, 0.3) is 0 Å². The lowest BCUT2D eigenvalue weighted by Gasteiger charge is -2.53. The molecule has 0 saturated heterocycles.